The Hall–Kier alpha value is -2.55. The molecule has 0 saturated carbocycles. The summed E-state index contributed by atoms with van der Waals surface area (Å²) in [6.45, 7) is 5.95. The van der Waals surface area contributed by atoms with Crippen LogP contribution in [0.5, 0.6) is 11.5 Å². The van der Waals surface area contributed by atoms with E-state index >= 15 is 0 Å². The van der Waals surface area contributed by atoms with Crippen LogP contribution in [0.3, 0.4) is 0 Å². The van der Waals surface area contributed by atoms with Gasteiger partial charge in [-0.25, -0.2) is 0 Å². The molecule has 168 valence electrons. The van der Waals surface area contributed by atoms with Crippen molar-refractivity contribution in [3.8, 4) is 11.5 Å². The third-order valence-electron chi connectivity index (χ3n) is 4.39. The van der Waals surface area contributed by atoms with Gasteiger partial charge in [-0.1, -0.05) is 41.6 Å². The van der Waals surface area contributed by atoms with Crippen molar-refractivity contribution in [2.24, 2.45) is 0 Å². The molecule has 32 heavy (non-hydrogen) atoms. The minimum atomic E-state index is -0.309. The van der Waals surface area contributed by atoms with Crippen LogP contribution in [0.1, 0.15) is 26.3 Å². The summed E-state index contributed by atoms with van der Waals surface area (Å²) in [7, 11) is 0. The predicted molar refractivity (Wildman–Crippen MR) is 133 cm³/mol. The Labute approximate surface area is 201 Å². The van der Waals surface area contributed by atoms with E-state index in [1.54, 1.807) is 53.4 Å². The van der Waals surface area contributed by atoms with Crippen molar-refractivity contribution < 1.29 is 19.1 Å². The third kappa shape index (κ3) is 6.03. The molecule has 2 aromatic carbocycles. The van der Waals surface area contributed by atoms with Crippen LogP contribution in [0.25, 0.3) is 6.08 Å². The minimum absolute atomic E-state index is 0.00202. The quantitative estimate of drug-likeness (QED) is 0.396. The fourth-order valence-corrected chi connectivity index (χ4v) is 4.60. The van der Waals surface area contributed by atoms with E-state index in [-0.39, 0.29) is 24.5 Å². The Morgan fingerprint density at radius 3 is 2.53 bits per heavy atom. The van der Waals surface area contributed by atoms with Crippen molar-refractivity contribution in [3.05, 3.63) is 58.0 Å². The lowest BCUT2D eigenvalue weighted by Gasteiger charge is -2.18. The number of thioether (sulfide) groups is 1. The summed E-state index contributed by atoms with van der Waals surface area (Å²) < 4.78 is 11.9. The van der Waals surface area contributed by atoms with Gasteiger partial charge < -0.3 is 14.8 Å². The third-order valence-corrected chi connectivity index (χ3v) is 5.97. The standard InChI is InChI=1S/C23H23ClN2O4S2/c1-4-29-19-11-15(12-20-22(28)26(14(2)3)23(31)32-20)5-10-18(19)30-13-21(27)25-17-8-6-16(24)7-9-17/h5-12,14H,4,13H2,1-3H3,(H,25,27)/b20-12-. The summed E-state index contributed by atoms with van der Waals surface area (Å²) in [5.41, 5.74) is 1.40. The van der Waals surface area contributed by atoms with Gasteiger partial charge in [-0.3, -0.25) is 14.5 Å². The maximum absolute atomic E-state index is 12.6. The number of hydrogen-bond acceptors (Lipinski definition) is 6. The molecule has 0 aromatic heterocycles. The zero-order valence-electron chi connectivity index (χ0n) is 17.9. The second kappa shape index (κ2) is 10.8. The van der Waals surface area contributed by atoms with Gasteiger partial charge in [-0.15, -0.1) is 0 Å². The number of amides is 2. The number of benzene rings is 2. The molecule has 1 N–H and O–H groups in total. The van der Waals surface area contributed by atoms with Crippen LogP contribution in [-0.2, 0) is 9.59 Å². The zero-order valence-corrected chi connectivity index (χ0v) is 20.3. The summed E-state index contributed by atoms with van der Waals surface area (Å²) in [4.78, 5) is 27.0. The molecule has 0 atom stereocenters. The molecule has 1 heterocycles. The monoisotopic (exact) mass is 490 g/mol. The fraction of sp³-hybridized carbons (Fsp3) is 0.261. The van der Waals surface area contributed by atoms with Gasteiger partial charge in [0.1, 0.15) is 4.32 Å². The highest BCUT2D eigenvalue weighted by Crippen LogP contribution is 2.35. The van der Waals surface area contributed by atoms with E-state index in [2.05, 4.69) is 5.32 Å². The van der Waals surface area contributed by atoms with E-state index < -0.39 is 0 Å². The molecule has 1 aliphatic heterocycles. The average molecular weight is 491 g/mol. The van der Waals surface area contributed by atoms with Gasteiger partial charge in [0.15, 0.2) is 18.1 Å². The van der Waals surface area contributed by atoms with Gasteiger partial charge in [-0.05, 0) is 68.8 Å². The average Bonchev–Trinajstić information content (AvgIpc) is 3.02. The Kier molecular flexibility index (Phi) is 8.17. The van der Waals surface area contributed by atoms with Gasteiger partial charge in [0, 0.05) is 16.8 Å². The number of carbonyl (C=O) groups excluding carboxylic acids is 2. The van der Waals surface area contributed by atoms with Crippen LogP contribution in [0, 0.1) is 0 Å². The highest BCUT2D eigenvalue weighted by atomic mass is 35.5. The summed E-state index contributed by atoms with van der Waals surface area (Å²) >= 11 is 12.5. The van der Waals surface area contributed by atoms with E-state index in [0.29, 0.717) is 38.0 Å². The molecule has 0 unspecified atom stereocenters. The van der Waals surface area contributed by atoms with Crippen LogP contribution >= 0.6 is 35.6 Å². The van der Waals surface area contributed by atoms with E-state index in [9.17, 15) is 9.59 Å². The van der Waals surface area contributed by atoms with Crippen molar-refractivity contribution in [1.29, 1.82) is 0 Å². The first-order valence-electron chi connectivity index (χ1n) is 10.0. The highest BCUT2D eigenvalue weighted by Gasteiger charge is 2.33. The Morgan fingerprint density at radius 2 is 1.91 bits per heavy atom. The summed E-state index contributed by atoms with van der Waals surface area (Å²) in [5.74, 6) is 0.508. The van der Waals surface area contributed by atoms with Crippen LogP contribution < -0.4 is 14.8 Å². The molecule has 0 bridgehead atoms. The zero-order chi connectivity index (χ0) is 23.3. The van der Waals surface area contributed by atoms with Gasteiger partial charge in [0.25, 0.3) is 11.8 Å². The maximum Gasteiger partial charge on any atom is 0.266 e. The molecule has 0 aliphatic carbocycles. The lowest BCUT2D eigenvalue weighted by molar-refractivity contribution is -0.123. The smallest absolute Gasteiger partial charge is 0.266 e. The van der Waals surface area contributed by atoms with Crippen LogP contribution in [0.2, 0.25) is 5.02 Å². The molecule has 6 nitrogen and oxygen atoms in total. The van der Waals surface area contributed by atoms with Crippen molar-refractivity contribution in [3.63, 3.8) is 0 Å². The molecule has 2 aromatic rings. The molecule has 9 heteroatoms. The van der Waals surface area contributed by atoms with E-state index in [1.807, 2.05) is 20.8 Å². The van der Waals surface area contributed by atoms with Gasteiger partial charge in [0.05, 0.1) is 11.5 Å². The van der Waals surface area contributed by atoms with Crippen LogP contribution in [0.15, 0.2) is 47.4 Å². The van der Waals surface area contributed by atoms with Crippen LogP contribution in [0.4, 0.5) is 5.69 Å². The lowest BCUT2D eigenvalue weighted by Crippen LogP contribution is -2.34. The Balaban J connectivity index is 1.70. The number of nitrogens with zero attached hydrogens (tertiary/aromatic N) is 1. The van der Waals surface area contributed by atoms with Crippen molar-refractivity contribution >= 4 is 63.5 Å². The number of ether oxygens (including phenoxy) is 2. The second-order valence-corrected chi connectivity index (χ2v) is 9.24. The van der Waals surface area contributed by atoms with E-state index in [4.69, 9.17) is 33.3 Å². The molecular formula is C23H23ClN2O4S2. The molecule has 2 amide bonds. The molecule has 0 spiro atoms. The summed E-state index contributed by atoms with van der Waals surface area (Å²) in [6.07, 6.45) is 1.78. The summed E-state index contributed by atoms with van der Waals surface area (Å²) in [5, 5.41) is 3.33. The first-order chi connectivity index (χ1) is 15.3. The number of hydrogen-bond donors (Lipinski definition) is 1. The highest BCUT2D eigenvalue weighted by molar-refractivity contribution is 8.26. The summed E-state index contributed by atoms with van der Waals surface area (Å²) in [6, 6.07) is 12.1. The molecule has 1 aliphatic rings. The normalized spacial score (nSPS) is 14.9. The van der Waals surface area contributed by atoms with Crippen molar-refractivity contribution in [1.82, 2.24) is 4.90 Å². The largest absolute Gasteiger partial charge is 0.490 e. The second-order valence-electron chi connectivity index (χ2n) is 7.13. The number of anilines is 1. The maximum atomic E-state index is 12.6. The molecule has 1 saturated heterocycles. The minimum Gasteiger partial charge on any atom is -0.490 e. The predicted octanol–water partition coefficient (Wildman–Crippen LogP) is 5.37. The molecule has 1 fully saturated rings. The van der Waals surface area contributed by atoms with Crippen molar-refractivity contribution in [2.45, 2.75) is 26.8 Å². The molecule has 0 radical (unpaired) electrons. The van der Waals surface area contributed by atoms with Gasteiger partial charge in [0.2, 0.25) is 0 Å². The van der Waals surface area contributed by atoms with Crippen LogP contribution in [-0.4, -0.2) is 40.3 Å². The first kappa shape index (κ1) is 24.1. The van der Waals surface area contributed by atoms with Crippen molar-refractivity contribution in [2.75, 3.05) is 18.5 Å². The van der Waals surface area contributed by atoms with Gasteiger partial charge in [-0.2, -0.15) is 0 Å². The topological polar surface area (TPSA) is 67.9 Å². The first-order valence-corrected chi connectivity index (χ1v) is 11.6. The lowest BCUT2D eigenvalue weighted by atomic mass is 10.1. The fourth-order valence-electron chi connectivity index (χ4n) is 2.95. The number of halogens is 1. The van der Waals surface area contributed by atoms with Gasteiger partial charge >= 0.3 is 0 Å². The van der Waals surface area contributed by atoms with E-state index in [1.165, 1.54) is 11.8 Å². The number of rotatable bonds is 8. The molecule has 3 rings (SSSR count). The molecular weight excluding hydrogens is 468 g/mol. The van der Waals surface area contributed by atoms with E-state index in [0.717, 1.165) is 5.56 Å². The number of carbonyl (C=O) groups is 2. The SMILES string of the molecule is CCOc1cc(/C=C2\SC(=S)N(C(C)C)C2=O)ccc1OCC(=O)Nc1ccc(Cl)cc1. The number of nitrogens with one attached hydrogen (secondary N) is 1. The Bertz CT molecular complexity index is 1050. The Morgan fingerprint density at radius 1 is 1.19 bits per heavy atom. The number of thiocarbonyl (C=S) groups is 1.